The fourth-order valence-electron chi connectivity index (χ4n) is 0.991. The van der Waals surface area contributed by atoms with Crippen LogP contribution in [-0.2, 0) is 0 Å². The van der Waals surface area contributed by atoms with Crippen LogP contribution < -0.4 is 11.2 Å². The second-order valence-electron chi connectivity index (χ2n) is 2.92. The van der Waals surface area contributed by atoms with E-state index in [9.17, 15) is 9.59 Å². The Morgan fingerprint density at radius 3 is 2.56 bits per heavy atom. The third-order valence-electron chi connectivity index (χ3n) is 1.71. The van der Waals surface area contributed by atoms with E-state index < -0.39 is 6.03 Å². The lowest BCUT2D eigenvalue weighted by molar-refractivity contribution is 0.100. The van der Waals surface area contributed by atoms with Gasteiger partial charge in [0.25, 0.3) is 0 Å². The number of urea groups is 1. The second-order valence-corrected chi connectivity index (χ2v) is 3.36. The largest absolute Gasteiger partial charge is 0.350 e. The first kappa shape index (κ1) is 12.2. The highest BCUT2D eigenvalue weighted by Gasteiger charge is 2.03. The van der Waals surface area contributed by atoms with Crippen LogP contribution in [0.3, 0.4) is 0 Å². The Morgan fingerprint density at radius 2 is 2.00 bits per heavy atom. The maximum atomic E-state index is 11.5. The molecule has 0 saturated heterocycles. The standard InChI is InChI=1S/C10H10ClN3O2/c11-8-3-1-7(2-4-8)9(15)5-6-13-14-10(12)16/h1-4,6H,5H2,(H3,12,14,16)/b13-6+. The van der Waals surface area contributed by atoms with Crippen molar-refractivity contribution in [2.45, 2.75) is 6.42 Å². The minimum Gasteiger partial charge on any atom is -0.350 e. The van der Waals surface area contributed by atoms with Gasteiger partial charge in [0.2, 0.25) is 0 Å². The Kier molecular flexibility index (Phi) is 4.47. The highest BCUT2D eigenvalue weighted by molar-refractivity contribution is 6.30. The van der Waals surface area contributed by atoms with Crippen molar-refractivity contribution in [2.24, 2.45) is 10.8 Å². The summed E-state index contributed by atoms with van der Waals surface area (Å²) in [5.74, 6) is -0.119. The molecule has 6 heteroatoms. The van der Waals surface area contributed by atoms with Crippen molar-refractivity contribution >= 4 is 29.6 Å². The van der Waals surface area contributed by atoms with Gasteiger partial charge in [0.05, 0.1) is 0 Å². The van der Waals surface area contributed by atoms with Gasteiger partial charge in [0, 0.05) is 23.2 Å². The summed E-state index contributed by atoms with van der Waals surface area (Å²) in [6, 6.07) is 5.75. The van der Waals surface area contributed by atoms with Crippen molar-refractivity contribution in [3.05, 3.63) is 34.9 Å². The van der Waals surface area contributed by atoms with Crippen LogP contribution in [0.4, 0.5) is 4.79 Å². The molecule has 0 heterocycles. The van der Waals surface area contributed by atoms with Crippen LogP contribution in [0.5, 0.6) is 0 Å². The van der Waals surface area contributed by atoms with Crippen molar-refractivity contribution in [2.75, 3.05) is 0 Å². The quantitative estimate of drug-likeness (QED) is 0.475. The molecule has 5 nitrogen and oxygen atoms in total. The number of benzene rings is 1. The number of carbonyl (C=O) groups excluding carboxylic acids is 2. The number of hydrogen-bond acceptors (Lipinski definition) is 3. The Morgan fingerprint density at radius 1 is 1.38 bits per heavy atom. The van der Waals surface area contributed by atoms with Gasteiger partial charge < -0.3 is 5.73 Å². The molecule has 0 aliphatic carbocycles. The van der Waals surface area contributed by atoms with E-state index in [1.165, 1.54) is 6.21 Å². The zero-order valence-corrected chi connectivity index (χ0v) is 9.07. The summed E-state index contributed by atoms with van der Waals surface area (Å²) in [5.41, 5.74) is 7.31. The molecular formula is C10H10ClN3O2. The summed E-state index contributed by atoms with van der Waals surface area (Å²) >= 11 is 5.68. The number of nitrogens with one attached hydrogen (secondary N) is 1. The molecule has 0 spiro atoms. The first-order valence-corrected chi connectivity index (χ1v) is 4.83. The molecule has 1 aromatic rings. The molecule has 0 radical (unpaired) electrons. The summed E-state index contributed by atoms with van der Waals surface area (Å²) in [7, 11) is 0. The molecule has 0 unspecified atom stereocenters. The van der Waals surface area contributed by atoms with Crippen LogP contribution >= 0.6 is 11.6 Å². The molecule has 1 rings (SSSR count). The lowest BCUT2D eigenvalue weighted by Gasteiger charge is -1.97. The monoisotopic (exact) mass is 239 g/mol. The second kappa shape index (κ2) is 5.87. The first-order valence-electron chi connectivity index (χ1n) is 4.45. The van der Waals surface area contributed by atoms with Crippen molar-refractivity contribution in [3.8, 4) is 0 Å². The lowest BCUT2D eigenvalue weighted by atomic mass is 10.1. The molecule has 0 aliphatic heterocycles. The minimum atomic E-state index is -0.768. The number of nitrogens with zero attached hydrogens (tertiary/aromatic N) is 1. The number of rotatable bonds is 4. The van der Waals surface area contributed by atoms with Crippen LogP contribution in [-0.4, -0.2) is 18.0 Å². The molecule has 1 aromatic carbocycles. The van der Waals surface area contributed by atoms with Gasteiger partial charge in [-0.1, -0.05) is 11.6 Å². The van der Waals surface area contributed by atoms with Gasteiger partial charge in [0.15, 0.2) is 5.78 Å². The molecular weight excluding hydrogens is 230 g/mol. The zero-order chi connectivity index (χ0) is 12.0. The smallest absolute Gasteiger partial charge is 0.332 e. The van der Waals surface area contributed by atoms with Crippen molar-refractivity contribution in [1.29, 1.82) is 0 Å². The maximum Gasteiger partial charge on any atom is 0.332 e. The number of Topliss-reactive ketones (excluding diaryl/α,β-unsaturated/α-hetero) is 1. The molecule has 0 fully saturated rings. The van der Waals surface area contributed by atoms with Crippen LogP contribution in [0.25, 0.3) is 0 Å². The molecule has 0 saturated carbocycles. The molecule has 0 aliphatic rings. The number of halogens is 1. The topological polar surface area (TPSA) is 84.6 Å². The summed E-state index contributed by atoms with van der Waals surface area (Å²) in [6.45, 7) is 0. The first-order chi connectivity index (χ1) is 7.59. The maximum absolute atomic E-state index is 11.5. The van der Waals surface area contributed by atoms with Gasteiger partial charge >= 0.3 is 6.03 Å². The summed E-state index contributed by atoms with van der Waals surface area (Å²) in [5, 5.41) is 4.03. The van der Waals surface area contributed by atoms with Gasteiger partial charge in [-0.05, 0) is 24.3 Å². The molecule has 16 heavy (non-hydrogen) atoms. The minimum absolute atomic E-state index is 0.0852. The normalized spacial score (nSPS) is 10.3. The Hall–Kier alpha value is -1.88. The Labute approximate surface area is 97.3 Å². The lowest BCUT2D eigenvalue weighted by Crippen LogP contribution is -2.24. The van der Waals surface area contributed by atoms with E-state index in [4.69, 9.17) is 17.3 Å². The van der Waals surface area contributed by atoms with E-state index in [0.29, 0.717) is 10.6 Å². The van der Waals surface area contributed by atoms with Crippen LogP contribution in [0.15, 0.2) is 29.4 Å². The Bertz CT molecular complexity index is 415. The van der Waals surface area contributed by atoms with Gasteiger partial charge in [0.1, 0.15) is 0 Å². The van der Waals surface area contributed by atoms with Gasteiger partial charge in [-0.3, -0.25) is 4.79 Å². The third-order valence-corrected chi connectivity index (χ3v) is 1.96. The fraction of sp³-hybridized carbons (Fsp3) is 0.100. The molecule has 0 atom stereocenters. The SMILES string of the molecule is NC(=O)N/N=C/CC(=O)c1ccc(Cl)cc1. The molecule has 0 aromatic heterocycles. The van der Waals surface area contributed by atoms with E-state index in [1.54, 1.807) is 24.3 Å². The van der Waals surface area contributed by atoms with Crippen molar-refractivity contribution < 1.29 is 9.59 Å². The van der Waals surface area contributed by atoms with E-state index >= 15 is 0 Å². The predicted molar refractivity (Wildman–Crippen MR) is 61.6 cm³/mol. The number of amides is 2. The van der Waals surface area contributed by atoms with Gasteiger partial charge in [-0.2, -0.15) is 5.10 Å². The molecule has 3 N–H and O–H groups in total. The average molecular weight is 240 g/mol. The van der Waals surface area contributed by atoms with Crippen LogP contribution in [0.1, 0.15) is 16.8 Å². The fourth-order valence-corrected chi connectivity index (χ4v) is 1.12. The van der Waals surface area contributed by atoms with E-state index in [0.717, 1.165) is 0 Å². The average Bonchev–Trinajstić information content (AvgIpc) is 2.25. The highest BCUT2D eigenvalue weighted by atomic mass is 35.5. The van der Waals surface area contributed by atoms with Crippen molar-refractivity contribution in [1.82, 2.24) is 5.43 Å². The number of primary amides is 1. The van der Waals surface area contributed by atoms with E-state index in [2.05, 4.69) is 5.10 Å². The number of hydrazone groups is 1. The summed E-state index contributed by atoms with van der Waals surface area (Å²) in [6.07, 6.45) is 1.36. The number of ketones is 1. The molecule has 84 valence electrons. The predicted octanol–water partition coefficient (Wildman–Crippen LogP) is 1.57. The third kappa shape index (κ3) is 4.10. The number of nitrogens with two attached hydrogens (primary N) is 1. The molecule has 0 bridgehead atoms. The van der Waals surface area contributed by atoms with Crippen molar-refractivity contribution in [3.63, 3.8) is 0 Å². The zero-order valence-electron chi connectivity index (χ0n) is 8.31. The Balaban J connectivity index is 2.50. The van der Waals surface area contributed by atoms with E-state index in [1.807, 2.05) is 5.43 Å². The number of hydrogen-bond donors (Lipinski definition) is 2. The van der Waals surface area contributed by atoms with Crippen LogP contribution in [0.2, 0.25) is 5.02 Å². The summed E-state index contributed by atoms with van der Waals surface area (Å²) in [4.78, 5) is 21.8. The molecule has 2 amide bonds. The summed E-state index contributed by atoms with van der Waals surface area (Å²) < 4.78 is 0. The van der Waals surface area contributed by atoms with Gasteiger partial charge in [-0.15, -0.1) is 0 Å². The highest BCUT2D eigenvalue weighted by Crippen LogP contribution is 2.10. The van der Waals surface area contributed by atoms with Crippen LogP contribution in [0, 0.1) is 0 Å². The number of carbonyl (C=O) groups is 2. The van der Waals surface area contributed by atoms with Gasteiger partial charge in [-0.25, -0.2) is 10.2 Å². The van der Waals surface area contributed by atoms with E-state index in [-0.39, 0.29) is 12.2 Å².